The molecule has 0 aliphatic rings. The summed E-state index contributed by atoms with van der Waals surface area (Å²) in [6, 6.07) is 3.81. The molecule has 3 aromatic rings. The van der Waals surface area contributed by atoms with Gasteiger partial charge in [0, 0.05) is 5.56 Å². The summed E-state index contributed by atoms with van der Waals surface area (Å²) in [6.07, 6.45) is 0.936. The third-order valence-electron chi connectivity index (χ3n) is 4.86. The van der Waals surface area contributed by atoms with E-state index in [0.29, 0.717) is 10.8 Å². The maximum Gasteiger partial charge on any atom is 0.412 e. The molecule has 0 saturated heterocycles. The maximum atomic E-state index is 12.1. The number of carbonyl (C=O) groups excluding carboxylic acids is 2. The number of primary amides is 1. The van der Waals surface area contributed by atoms with Crippen molar-refractivity contribution in [2.45, 2.75) is 53.4 Å². The average Bonchev–Trinajstić information content (AvgIpc) is 3.14. The van der Waals surface area contributed by atoms with Crippen LogP contribution in [0.5, 0.6) is 0 Å². The molecule has 0 spiro atoms. The van der Waals surface area contributed by atoms with Gasteiger partial charge in [-0.25, -0.2) is 19.1 Å². The van der Waals surface area contributed by atoms with E-state index >= 15 is 0 Å². The summed E-state index contributed by atoms with van der Waals surface area (Å²) < 4.78 is 6.39. The van der Waals surface area contributed by atoms with Gasteiger partial charge >= 0.3 is 12.1 Å². The van der Waals surface area contributed by atoms with Gasteiger partial charge in [-0.05, 0) is 57.2 Å². The van der Waals surface area contributed by atoms with Gasteiger partial charge in [0.05, 0.1) is 16.3 Å². The molecule has 148 valence electrons. The molecule has 0 bridgehead atoms. The molecule has 8 heteroatoms. The van der Waals surface area contributed by atoms with Crippen LogP contribution >= 0.6 is 11.3 Å². The summed E-state index contributed by atoms with van der Waals surface area (Å²) in [7, 11) is 0. The van der Waals surface area contributed by atoms with Gasteiger partial charge in [0.15, 0.2) is 5.65 Å². The second kappa shape index (κ2) is 7.71. The van der Waals surface area contributed by atoms with Gasteiger partial charge < -0.3 is 10.5 Å². The van der Waals surface area contributed by atoms with Crippen molar-refractivity contribution in [2.24, 2.45) is 5.73 Å². The predicted molar refractivity (Wildman–Crippen MR) is 109 cm³/mol. The highest BCUT2D eigenvalue weighted by Crippen LogP contribution is 2.37. The molecule has 3 heterocycles. The van der Waals surface area contributed by atoms with Crippen LogP contribution in [0.15, 0.2) is 12.1 Å². The second-order valence-corrected chi connectivity index (χ2v) is 7.92. The number of thiophene rings is 1. The first-order valence-electron chi connectivity index (χ1n) is 9.26. The first-order valence-corrected chi connectivity index (χ1v) is 10.1. The van der Waals surface area contributed by atoms with Crippen LogP contribution in [0.1, 0.15) is 64.8 Å². The van der Waals surface area contributed by atoms with Crippen molar-refractivity contribution in [2.75, 3.05) is 0 Å². The number of hydrogen-bond donors (Lipinski definition) is 1. The Morgan fingerprint density at radius 1 is 1.21 bits per heavy atom. The molecular formula is C20H24N4O3S. The van der Waals surface area contributed by atoms with Gasteiger partial charge in [0.1, 0.15) is 10.6 Å². The quantitative estimate of drug-likeness (QED) is 0.501. The highest BCUT2D eigenvalue weighted by Gasteiger charge is 2.23. The van der Waals surface area contributed by atoms with Crippen molar-refractivity contribution in [3.63, 3.8) is 0 Å². The highest BCUT2D eigenvalue weighted by molar-refractivity contribution is 7.17. The van der Waals surface area contributed by atoms with Crippen LogP contribution in [0, 0.1) is 20.8 Å². The number of ether oxygens (including phenoxy) is 1. The minimum absolute atomic E-state index is 0.313. The molecule has 0 unspecified atom stereocenters. The maximum absolute atomic E-state index is 12.1. The fourth-order valence-electron chi connectivity index (χ4n) is 3.53. The molecule has 0 radical (unpaired) electrons. The predicted octanol–water partition coefficient (Wildman–Crippen LogP) is 4.52. The normalized spacial score (nSPS) is 11.4. The monoisotopic (exact) mass is 400 g/mol. The van der Waals surface area contributed by atoms with Gasteiger partial charge in [-0.15, -0.1) is 11.3 Å². The van der Waals surface area contributed by atoms with Crippen LogP contribution in [0.2, 0.25) is 0 Å². The molecule has 2 N–H and O–H groups in total. The summed E-state index contributed by atoms with van der Waals surface area (Å²) in [4.78, 5) is 28.9. The Morgan fingerprint density at radius 3 is 2.50 bits per heavy atom. The average molecular weight is 401 g/mol. The van der Waals surface area contributed by atoms with Crippen LogP contribution in [0.3, 0.4) is 0 Å². The molecule has 0 atom stereocenters. The largest absolute Gasteiger partial charge is 0.412 e. The van der Waals surface area contributed by atoms with E-state index in [9.17, 15) is 9.59 Å². The van der Waals surface area contributed by atoms with Crippen LogP contribution < -0.4 is 5.73 Å². The summed E-state index contributed by atoms with van der Waals surface area (Å²) in [5.74, 6) is -0.343. The first kappa shape index (κ1) is 20.0. The lowest BCUT2D eigenvalue weighted by molar-refractivity contribution is 0.0643. The van der Waals surface area contributed by atoms with E-state index in [1.807, 2.05) is 25.3 Å². The third kappa shape index (κ3) is 3.52. The molecule has 1 amide bonds. The molecular weight excluding hydrogens is 376 g/mol. The fourth-order valence-corrected chi connectivity index (χ4v) is 4.66. The van der Waals surface area contributed by atoms with Gasteiger partial charge in [-0.2, -0.15) is 5.10 Å². The number of rotatable bonds is 5. The molecule has 28 heavy (non-hydrogen) atoms. The second-order valence-electron chi connectivity index (χ2n) is 6.87. The number of carbonyl (C=O) groups is 2. The van der Waals surface area contributed by atoms with Crippen molar-refractivity contribution in [3.05, 3.63) is 39.5 Å². The molecule has 0 fully saturated rings. The smallest absolute Gasteiger partial charge is 0.372 e. The van der Waals surface area contributed by atoms with E-state index in [1.54, 1.807) is 6.07 Å². The van der Waals surface area contributed by atoms with Crippen molar-refractivity contribution < 1.29 is 14.3 Å². The van der Waals surface area contributed by atoms with Gasteiger partial charge in [0.2, 0.25) is 0 Å². The molecule has 0 saturated carbocycles. The SMILES string of the molecule is CCC(CC)c1cc(C)nn2c(-c3sc(C(=O)OC(N)=O)cc3C)c(C)nc12. The number of aryl methyl sites for hydroxylation is 3. The number of esters is 1. The van der Waals surface area contributed by atoms with E-state index in [4.69, 9.17) is 15.8 Å². The number of imidazole rings is 1. The first-order chi connectivity index (χ1) is 13.3. The van der Waals surface area contributed by atoms with E-state index in [1.165, 1.54) is 16.9 Å². The number of amides is 1. The Bertz CT molecular complexity index is 1060. The zero-order valence-electron chi connectivity index (χ0n) is 16.7. The summed E-state index contributed by atoms with van der Waals surface area (Å²) in [6.45, 7) is 10.2. The number of aromatic nitrogens is 3. The number of nitrogens with two attached hydrogens (primary N) is 1. The summed E-state index contributed by atoms with van der Waals surface area (Å²) >= 11 is 1.24. The minimum Gasteiger partial charge on any atom is -0.372 e. The van der Waals surface area contributed by atoms with Crippen molar-refractivity contribution >= 4 is 29.0 Å². The summed E-state index contributed by atoms with van der Waals surface area (Å²) in [5.41, 5.74) is 10.5. The van der Waals surface area contributed by atoms with E-state index < -0.39 is 12.1 Å². The van der Waals surface area contributed by atoms with Crippen LogP contribution in [0.25, 0.3) is 16.2 Å². The molecule has 3 rings (SSSR count). The van der Waals surface area contributed by atoms with Gasteiger partial charge in [-0.3, -0.25) is 0 Å². The third-order valence-corrected chi connectivity index (χ3v) is 6.09. The van der Waals surface area contributed by atoms with Crippen molar-refractivity contribution in [1.29, 1.82) is 0 Å². The Hall–Kier alpha value is -2.74. The lowest BCUT2D eigenvalue weighted by Crippen LogP contribution is -2.17. The van der Waals surface area contributed by atoms with Gasteiger partial charge in [0.25, 0.3) is 0 Å². The number of hydrogen-bond acceptors (Lipinski definition) is 6. The van der Waals surface area contributed by atoms with Crippen molar-refractivity contribution in [3.8, 4) is 10.6 Å². The lowest BCUT2D eigenvalue weighted by atomic mass is 9.95. The molecule has 3 aromatic heterocycles. The Morgan fingerprint density at radius 2 is 1.89 bits per heavy atom. The Labute approximate surface area is 167 Å². The molecule has 0 aliphatic heterocycles. The standard InChI is InChI=1S/C20H24N4O3S/c1-6-13(7-2)14-9-11(4)23-24-16(12(5)22-18(14)24)17-10(3)8-15(28-17)19(25)27-20(21)26/h8-9,13H,6-7H2,1-5H3,(H2,21,26). The summed E-state index contributed by atoms with van der Waals surface area (Å²) in [5, 5.41) is 4.70. The number of fused-ring (bicyclic) bond motifs is 1. The van der Waals surface area contributed by atoms with Crippen LogP contribution in [0.4, 0.5) is 4.79 Å². The highest BCUT2D eigenvalue weighted by atomic mass is 32.1. The van der Waals surface area contributed by atoms with E-state index in [0.717, 1.165) is 46.0 Å². The van der Waals surface area contributed by atoms with E-state index in [2.05, 4.69) is 24.7 Å². The van der Waals surface area contributed by atoms with E-state index in [-0.39, 0.29) is 0 Å². The molecule has 0 aromatic carbocycles. The molecule has 0 aliphatic carbocycles. The zero-order valence-corrected chi connectivity index (χ0v) is 17.5. The van der Waals surface area contributed by atoms with Crippen molar-refractivity contribution in [1.82, 2.24) is 14.6 Å². The van der Waals surface area contributed by atoms with Gasteiger partial charge in [-0.1, -0.05) is 13.8 Å². The Kier molecular flexibility index (Phi) is 5.51. The van der Waals surface area contributed by atoms with Crippen LogP contribution in [-0.4, -0.2) is 26.7 Å². The zero-order chi connectivity index (χ0) is 20.6. The number of nitrogens with zero attached hydrogens (tertiary/aromatic N) is 3. The lowest BCUT2D eigenvalue weighted by Gasteiger charge is -2.14. The minimum atomic E-state index is -1.12. The fraction of sp³-hybridized carbons (Fsp3) is 0.400. The van der Waals surface area contributed by atoms with Crippen LogP contribution in [-0.2, 0) is 4.74 Å². The Balaban J connectivity index is 2.20. The molecule has 7 nitrogen and oxygen atoms in total. The topological polar surface area (TPSA) is 99.6 Å².